The Morgan fingerprint density at radius 1 is 1.67 bits per heavy atom. The van der Waals surface area contributed by atoms with Crippen molar-refractivity contribution in [3.05, 3.63) is 29.6 Å². The molecule has 0 radical (unpaired) electrons. The molecule has 1 N–H and O–H groups in total. The maximum atomic E-state index is 11.7. The summed E-state index contributed by atoms with van der Waals surface area (Å²) < 4.78 is 0. The third-order valence-corrected chi connectivity index (χ3v) is 2.54. The molecule has 15 heavy (non-hydrogen) atoms. The van der Waals surface area contributed by atoms with Crippen molar-refractivity contribution in [2.24, 2.45) is 0 Å². The fourth-order valence-corrected chi connectivity index (χ4v) is 1.78. The van der Waals surface area contributed by atoms with E-state index < -0.39 is 12.0 Å². The summed E-state index contributed by atoms with van der Waals surface area (Å²) in [5, 5.41) is 8.74. The molecule has 0 aromatic carbocycles. The van der Waals surface area contributed by atoms with E-state index in [-0.39, 0.29) is 12.3 Å². The molecule has 0 saturated carbocycles. The molecule has 1 atom stereocenters. The molecule has 1 unspecified atom stereocenters. The predicted molar refractivity (Wildman–Crippen MR) is 51.3 cm³/mol. The van der Waals surface area contributed by atoms with Crippen LogP contribution in [0.4, 0.5) is 0 Å². The topological polar surface area (TPSA) is 70.5 Å². The Morgan fingerprint density at radius 2 is 2.40 bits per heavy atom. The quantitative estimate of drug-likeness (QED) is 0.772. The van der Waals surface area contributed by atoms with E-state index in [2.05, 4.69) is 4.98 Å². The molecule has 1 aromatic rings. The van der Waals surface area contributed by atoms with Crippen molar-refractivity contribution in [2.45, 2.75) is 12.5 Å². The Morgan fingerprint density at radius 3 is 3.07 bits per heavy atom. The molecule has 1 aliphatic heterocycles. The molecule has 2 heterocycles. The molecule has 1 aromatic heterocycles. The Bertz CT molecular complexity index is 430. The van der Waals surface area contributed by atoms with E-state index in [9.17, 15) is 9.59 Å². The van der Waals surface area contributed by atoms with Crippen LogP contribution in [-0.4, -0.2) is 33.9 Å². The molecular weight excluding hydrogens is 196 g/mol. The first-order valence-electron chi connectivity index (χ1n) is 4.55. The number of aromatic nitrogens is 1. The summed E-state index contributed by atoms with van der Waals surface area (Å²) in [6.07, 6.45) is 1.46. The van der Waals surface area contributed by atoms with Gasteiger partial charge in [0, 0.05) is 13.2 Å². The first-order valence-corrected chi connectivity index (χ1v) is 4.55. The van der Waals surface area contributed by atoms with Crippen LogP contribution in [0.5, 0.6) is 0 Å². The summed E-state index contributed by atoms with van der Waals surface area (Å²) in [6.45, 7) is 0. The van der Waals surface area contributed by atoms with Gasteiger partial charge >= 0.3 is 5.97 Å². The van der Waals surface area contributed by atoms with Gasteiger partial charge in [0.15, 0.2) is 0 Å². The Hall–Kier alpha value is -1.91. The Kier molecular flexibility index (Phi) is 2.15. The average molecular weight is 206 g/mol. The molecule has 5 heteroatoms. The lowest BCUT2D eigenvalue weighted by atomic mass is 10.1. The van der Waals surface area contributed by atoms with Gasteiger partial charge in [-0.3, -0.25) is 14.6 Å². The third kappa shape index (κ3) is 1.45. The fourth-order valence-electron chi connectivity index (χ4n) is 1.78. The van der Waals surface area contributed by atoms with Gasteiger partial charge in [0.05, 0.1) is 23.7 Å². The molecule has 0 fully saturated rings. The van der Waals surface area contributed by atoms with Crippen LogP contribution in [0.1, 0.15) is 28.5 Å². The van der Waals surface area contributed by atoms with Gasteiger partial charge in [0.1, 0.15) is 0 Å². The van der Waals surface area contributed by atoms with Crippen molar-refractivity contribution in [3.63, 3.8) is 0 Å². The van der Waals surface area contributed by atoms with Gasteiger partial charge in [0.25, 0.3) is 5.91 Å². The maximum Gasteiger partial charge on any atom is 0.305 e. The summed E-state index contributed by atoms with van der Waals surface area (Å²) in [5.74, 6) is -1.09. The lowest BCUT2D eigenvalue weighted by Gasteiger charge is -2.17. The second-order valence-corrected chi connectivity index (χ2v) is 3.47. The molecule has 0 spiro atoms. The largest absolute Gasteiger partial charge is 0.481 e. The van der Waals surface area contributed by atoms with Crippen molar-refractivity contribution in [1.82, 2.24) is 9.88 Å². The van der Waals surface area contributed by atoms with Gasteiger partial charge in [-0.05, 0) is 12.1 Å². The molecule has 2 rings (SSSR count). The van der Waals surface area contributed by atoms with Crippen molar-refractivity contribution >= 4 is 11.9 Å². The minimum atomic E-state index is -0.932. The van der Waals surface area contributed by atoms with Gasteiger partial charge < -0.3 is 10.0 Å². The zero-order valence-corrected chi connectivity index (χ0v) is 8.17. The SMILES string of the molecule is CN1C(=O)c2cccnc2C1CC(=O)O. The average Bonchev–Trinajstić information content (AvgIpc) is 2.44. The minimum Gasteiger partial charge on any atom is -0.481 e. The molecule has 1 aliphatic rings. The highest BCUT2D eigenvalue weighted by Crippen LogP contribution is 2.32. The molecule has 78 valence electrons. The number of rotatable bonds is 2. The number of hydrogen-bond donors (Lipinski definition) is 1. The van der Waals surface area contributed by atoms with E-state index in [0.717, 1.165) is 0 Å². The second-order valence-electron chi connectivity index (χ2n) is 3.47. The van der Waals surface area contributed by atoms with E-state index in [1.165, 1.54) is 4.90 Å². The van der Waals surface area contributed by atoms with E-state index in [1.54, 1.807) is 25.4 Å². The van der Waals surface area contributed by atoms with Crippen LogP contribution in [0.25, 0.3) is 0 Å². The molecule has 1 amide bonds. The number of amides is 1. The van der Waals surface area contributed by atoms with Crippen LogP contribution < -0.4 is 0 Å². The normalized spacial score (nSPS) is 19.1. The smallest absolute Gasteiger partial charge is 0.305 e. The third-order valence-electron chi connectivity index (χ3n) is 2.54. The van der Waals surface area contributed by atoms with Gasteiger partial charge in [-0.2, -0.15) is 0 Å². The van der Waals surface area contributed by atoms with Crippen molar-refractivity contribution < 1.29 is 14.7 Å². The number of aliphatic carboxylic acids is 1. The predicted octanol–water partition coefficient (Wildman–Crippen LogP) is 0.683. The first-order chi connectivity index (χ1) is 7.11. The van der Waals surface area contributed by atoms with Crippen LogP contribution in [0.15, 0.2) is 18.3 Å². The van der Waals surface area contributed by atoms with Gasteiger partial charge in [-0.15, -0.1) is 0 Å². The number of fused-ring (bicyclic) bond motifs is 1. The standard InChI is InChI=1S/C10H10N2O3/c1-12-7(5-8(13)14)9-6(10(12)15)3-2-4-11-9/h2-4,7H,5H2,1H3,(H,13,14). The second kappa shape index (κ2) is 3.34. The van der Waals surface area contributed by atoms with Gasteiger partial charge in [0.2, 0.25) is 0 Å². The number of carbonyl (C=O) groups excluding carboxylic acids is 1. The number of nitrogens with zero attached hydrogens (tertiary/aromatic N) is 2. The first kappa shape index (κ1) is 9.64. The van der Waals surface area contributed by atoms with Crippen LogP contribution in [-0.2, 0) is 4.79 Å². The zero-order valence-electron chi connectivity index (χ0n) is 8.17. The molecular formula is C10H10N2O3. The van der Waals surface area contributed by atoms with E-state index >= 15 is 0 Å². The monoisotopic (exact) mass is 206 g/mol. The molecule has 0 saturated heterocycles. The lowest BCUT2D eigenvalue weighted by molar-refractivity contribution is -0.138. The fraction of sp³-hybridized carbons (Fsp3) is 0.300. The Labute approximate surface area is 86.3 Å². The summed E-state index contributed by atoms with van der Waals surface area (Å²) in [7, 11) is 1.59. The summed E-state index contributed by atoms with van der Waals surface area (Å²) in [5.41, 5.74) is 1.07. The number of hydrogen-bond acceptors (Lipinski definition) is 3. The van der Waals surface area contributed by atoms with Gasteiger partial charge in [-0.1, -0.05) is 0 Å². The van der Waals surface area contributed by atoms with Crippen LogP contribution in [0.3, 0.4) is 0 Å². The molecule has 0 aliphatic carbocycles. The minimum absolute atomic E-state index is 0.105. The number of pyridine rings is 1. The summed E-state index contributed by atoms with van der Waals surface area (Å²) in [4.78, 5) is 27.8. The highest BCUT2D eigenvalue weighted by Gasteiger charge is 2.36. The van der Waals surface area contributed by atoms with Gasteiger partial charge in [-0.25, -0.2) is 0 Å². The van der Waals surface area contributed by atoms with Crippen molar-refractivity contribution in [1.29, 1.82) is 0 Å². The number of carboxylic acids is 1. The van der Waals surface area contributed by atoms with Crippen LogP contribution in [0, 0.1) is 0 Å². The van der Waals surface area contributed by atoms with Crippen LogP contribution >= 0.6 is 0 Å². The zero-order chi connectivity index (χ0) is 11.0. The Balaban J connectivity index is 2.42. The number of carbonyl (C=O) groups is 2. The van der Waals surface area contributed by atoms with Crippen molar-refractivity contribution in [2.75, 3.05) is 7.05 Å². The van der Waals surface area contributed by atoms with E-state index in [4.69, 9.17) is 5.11 Å². The highest BCUT2D eigenvalue weighted by molar-refractivity contribution is 5.98. The van der Waals surface area contributed by atoms with E-state index in [0.29, 0.717) is 11.3 Å². The highest BCUT2D eigenvalue weighted by atomic mass is 16.4. The van der Waals surface area contributed by atoms with Crippen LogP contribution in [0.2, 0.25) is 0 Å². The summed E-state index contributed by atoms with van der Waals surface area (Å²) in [6, 6.07) is 2.91. The van der Waals surface area contributed by atoms with E-state index in [1.807, 2.05) is 0 Å². The molecule has 0 bridgehead atoms. The number of carboxylic acid groups (broad SMARTS) is 1. The molecule has 5 nitrogen and oxygen atoms in total. The lowest BCUT2D eigenvalue weighted by Crippen LogP contribution is -2.25. The van der Waals surface area contributed by atoms with Crippen molar-refractivity contribution in [3.8, 4) is 0 Å². The summed E-state index contributed by atoms with van der Waals surface area (Å²) >= 11 is 0. The maximum absolute atomic E-state index is 11.7.